The smallest absolute Gasteiger partial charge is 0.111 e. The molecule has 0 N–H and O–H groups in total. The highest BCUT2D eigenvalue weighted by molar-refractivity contribution is 6.17. The van der Waals surface area contributed by atoms with Gasteiger partial charge in [-0.1, -0.05) is 12.1 Å². The second-order valence-electron chi connectivity index (χ2n) is 4.49. The van der Waals surface area contributed by atoms with Crippen molar-refractivity contribution in [2.75, 3.05) is 5.88 Å². The number of fused-ring (bicyclic) bond motifs is 1. The summed E-state index contributed by atoms with van der Waals surface area (Å²) in [6.45, 7) is 0.767. The lowest BCUT2D eigenvalue weighted by Crippen LogP contribution is -2.09. The molecule has 3 rings (SSSR count). The number of hydrogen-bond donors (Lipinski definition) is 0. The van der Waals surface area contributed by atoms with Gasteiger partial charge in [0.25, 0.3) is 0 Å². The number of aromatic nitrogens is 4. The van der Waals surface area contributed by atoms with Crippen LogP contribution in [-0.4, -0.2) is 25.2 Å². The third-order valence-electron chi connectivity index (χ3n) is 3.29. The van der Waals surface area contributed by atoms with Gasteiger partial charge in [0.1, 0.15) is 5.82 Å². The van der Waals surface area contributed by atoms with Gasteiger partial charge in [-0.15, -0.1) is 11.6 Å². The monoisotopic (exact) mass is 274 g/mol. The number of nitrogens with zero attached hydrogens (tertiary/aromatic N) is 4. The second kappa shape index (κ2) is 5.05. The summed E-state index contributed by atoms with van der Waals surface area (Å²) >= 11 is 5.88. The molecule has 0 saturated heterocycles. The highest BCUT2D eigenvalue weighted by Crippen LogP contribution is 2.18. The first-order valence-corrected chi connectivity index (χ1v) is 6.80. The fourth-order valence-corrected chi connectivity index (χ4v) is 2.46. The molecule has 0 bridgehead atoms. The van der Waals surface area contributed by atoms with E-state index >= 15 is 0 Å². The molecule has 0 radical (unpaired) electrons. The van der Waals surface area contributed by atoms with Crippen molar-refractivity contribution in [1.29, 1.82) is 0 Å². The van der Waals surface area contributed by atoms with Crippen LogP contribution in [0.1, 0.15) is 11.5 Å². The van der Waals surface area contributed by atoms with Crippen molar-refractivity contribution in [3.8, 4) is 0 Å². The van der Waals surface area contributed by atoms with Gasteiger partial charge in [0, 0.05) is 25.5 Å². The molecule has 19 heavy (non-hydrogen) atoms. The molecule has 0 aliphatic rings. The first kappa shape index (κ1) is 12.2. The van der Waals surface area contributed by atoms with Gasteiger partial charge in [-0.25, -0.2) is 4.98 Å². The summed E-state index contributed by atoms with van der Waals surface area (Å²) < 4.78 is 4.11. The Balaban J connectivity index is 2.09. The van der Waals surface area contributed by atoms with Gasteiger partial charge in [0.2, 0.25) is 0 Å². The maximum Gasteiger partial charge on any atom is 0.111 e. The van der Waals surface area contributed by atoms with E-state index in [0.29, 0.717) is 5.88 Å². The van der Waals surface area contributed by atoms with Gasteiger partial charge in [-0.3, -0.25) is 4.68 Å². The Hall–Kier alpha value is -1.81. The van der Waals surface area contributed by atoms with Gasteiger partial charge in [-0.05, 0) is 18.2 Å². The number of rotatable bonds is 4. The minimum Gasteiger partial charge on any atom is -0.322 e. The summed E-state index contributed by atoms with van der Waals surface area (Å²) in [6.07, 6.45) is 2.59. The number of benzene rings is 1. The van der Waals surface area contributed by atoms with Crippen molar-refractivity contribution < 1.29 is 0 Å². The van der Waals surface area contributed by atoms with Crippen LogP contribution >= 0.6 is 11.6 Å². The SMILES string of the molecule is Cn1nccc1Cn1c(CCCl)nc2ccccc21. The molecule has 0 amide bonds. The van der Waals surface area contributed by atoms with E-state index in [-0.39, 0.29) is 0 Å². The molecule has 0 spiro atoms. The molecule has 3 aromatic rings. The minimum atomic E-state index is 0.578. The maximum atomic E-state index is 5.88. The Kier molecular flexibility index (Phi) is 3.25. The number of halogens is 1. The molecular weight excluding hydrogens is 260 g/mol. The zero-order valence-electron chi connectivity index (χ0n) is 10.8. The van der Waals surface area contributed by atoms with E-state index in [2.05, 4.69) is 20.7 Å². The van der Waals surface area contributed by atoms with Crippen LogP contribution in [0.5, 0.6) is 0 Å². The molecule has 0 aliphatic carbocycles. The van der Waals surface area contributed by atoms with Crippen molar-refractivity contribution >= 4 is 22.6 Å². The van der Waals surface area contributed by atoms with Crippen LogP contribution < -0.4 is 0 Å². The van der Waals surface area contributed by atoms with Crippen molar-refractivity contribution in [2.45, 2.75) is 13.0 Å². The van der Waals surface area contributed by atoms with Crippen LogP contribution in [-0.2, 0) is 20.0 Å². The predicted octanol–water partition coefficient (Wildman–Crippen LogP) is 2.60. The van der Waals surface area contributed by atoms with Crippen LogP contribution in [0.2, 0.25) is 0 Å². The lowest BCUT2D eigenvalue weighted by molar-refractivity contribution is 0.657. The zero-order valence-corrected chi connectivity index (χ0v) is 11.5. The summed E-state index contributed by atoms with van der Waals surface area (Å²) in [7, 11) is 1.95. The Morgan fingerprint density at radius 1 is 1.21 bits per heavy atom. The number of aryl methyl sites for hydroxylation is 2. The molecule has 0 aliphatic heterocycles. The molecule has 98 valence electrons. The van der Waals surface area contributed by atoms with Crippen molar-refractivity contribution in [3.05, 3.63) is 48.0 Å². The highest BCUT2D eigenvalue weighted by Gasteiger charge is 2.11. The molecule has 2 heterocycles. The average Bonchev–Trinajstić information content (AvgIpc) is 2.96. The first-order valence-electron chi connectivity index (χ1n) is 6.26. The zero-order chi connectivity index (χ0) is 13.2. The topological polar surface area (TPSA) is 35.6 Å². The molecule has 0 saturated carbocycles. The van der Waals surface area contributed by atoms with E-state index in [4.69, 9.17) is 11.6 Å². The number of imidazole rings is 1. The van der Waals surface area contributed by atoms with Crippen molar-refractivity contribution in [3.63, 3.8) is 0 Å². The molecule has 0 unspecified atom stereocenters. The molecule has 0 atom stereocenters. The summed E-state index contributed by atoms with van der Waals surface area (Å²) in [6, 6.07) is 10.2. The molecule has 5 heteroatoms. The summed E-state index contributed by atoms with van der Waals surface area (Å²) in [5.41, 5.74) is 3.31. The lowest BCUT2D eigenvalue weighted by Gasteiger charge is -2.08. The van der Waals surface area contributed by atoms with Gasteiger partial charge < -0.3 is 4.57 Å². The van der Waals surface area contributed by atoms with Crippen LogP contribution in [0.15, 0.2) is 36.5 Å². The van der Waals surface area contributed by atoms with Crippen LogP contribution in [0.3, 0.4) is 0 Å². The fourth-order valence-electron chi connectivity index (χ4n) is 2.30. The van der Waals surface area contributed by atoms with Gasteiger partial charge in [0.15, 0.2) is 0 Å². The Labute approximate surface area is 116 Å². The average molecular weight is 275 g/mol. The van der Waals surface area contributed by atoms with E-state index < -0.39 is 0 Å². The highest BCUT2D eigenvalue weighted by atomic mass is 35.5. The molecular formula is C14H15ClN4. The molecule has 0 fully saturated rings. The minimum absolute atomic E-state index is 0.578. The quantitative estimate of drug-likeness (QED) is 0.686. The van der Waals surface area contributed by atoms with Crippen LogP contribution in [0, 0.1) is 0 Å². The first-order chi connectivity index (χ1) is 9.29. The number of para-hydroxylation sites is 2. The van der Waals surface area contributed by atoms with Crippen LogP contribution in [0.25, 0.3) is 11.0 Å². The molecule has 1 aromatic carbocycles. The van der Waals surface area contributed by atoms with Crippen LogP contribution in [0.4, 0.5) is 0 Å². The molecule has 4 nitrogen and oxygen atoms in total. The van der Waals surface area contributed by atoms with E-state index in [1.165, 1.54) is 0 Å². The largest absolute Gasteiger partial charge is 0.322 e. The van der Waals surface area contributed by atoms with Gasteiger partial charge in [-0.2, -0.15) is 5.10 Å². The van der Waals surface area contributed by atoms with Gasteiger partial charge in [0.05, 0.1) is 23.3 Å². The third-order valence-corrected chi connectivity index (χ3v) is 3.48. The van der Waals surface area contributed by atoms with E-state index in [1.807, 2.05) is 42.2 Å². The third kappa shape index (κ3) is 2.24. The van der Waals surface area contributed by atoms with E-state index in [0.717, 1.165) is 35.5 Å². The lowest BCUT2D eigenvalue weighted by atomic mass is 10.3. The van der Waals surface area contributed by atoms with E-state index in [1.54, 1.807) is 0 Å². The normalized spacial score (nSPS) is 11.3. The Bertz CT molecular complexity index is 698. The Morgan fingerprint density at radius 2 is 2.05 bits per heavy atom. The number of alkyl halides is 1. The number of hydrogen-bond acceptors (Lipinski definition) is 2. The Morgan fingerprint density at radius 3 is 2.79 bits per heavy atom. The van der Waals surface area contributed by atoms with Gasteiger partial charge >= 0.3 is 0 Å². The standard InChI is InChI=1S/C14H15ClN4/c1-18-11(7-9-16-18)10-19-13-5-3-2-4-12(13)17-14(19)6-8-15/h2-5,7,9H,6,8,10H2,1H3. The van der Waals surface area contributed by atoms with E-state index in [9.17, 15) is 0 Å². The maximum absolute atomic E-state index is 5.88. The summed E-state index contributed by atoms with van der Waals surface area (Å²) in [5.74, 6) is 1.60. The van der Waals surface area contributed by atoms with Crippen molar-refractivity contribution in [1.82, 2.24) is 19.3 Å². The van der Waals surface area contributed by atoms with Crippen molar-refractivity contribution in [2.24, 2.45) is 7.05 Å². The fraction of sp³-hybridized carbons (Fsp3) is 0.286. The molecule has 2 aromatic heterocycles. The predicted molar refractivity (Wildman–Crippen MR) is 76.5 cm³/mol. The summed E-state index contributed by atoms with van der Waals surface area (Å²) in [5, 5.41) is 4.21. The second-order valence-corrected chi connectivity index (χ2v) is 4.87. The summed E-state index contributed by atoms with van der Waals surface area (Å²) in [4.78, 5) is 4.66.